The summed E-state index contributed by atoms with van der Waals surface area (Å²) in [6.07, 6.45) is 7.44. The van der Waals surface area contributed by atoms with Crippen molar-refractivity contribution in [3.63, 3.8) is 0 Å². The van der Waals surface area contributed by atoms with Crippen molar-refractivity contribution >= 4 is 5.95 Å². The molecular formula is C12H19N3. The van der Waals surface area contributed by atoms with Crippen LogP contribution in [-0.4, -0.2) is 16.0 Å². The molecule has 2 rings (SSSR count). The highest BCUT2D eigenvalue weighted by atomic mass is 15.1. The largest absolute Gasteiger partial charge is 0.351 e. The zero-order valence-electron chi connectivity index (χ0n) is 9.75. The van der Waals surface area contributed by atoms with E-state index >= 15 is 0 Å². The van der Waals surface area contributed by atoms with Crippen LogP contribution < -0.4 is 5.32 Å². The summed E-state index contributed by atoms with van der Waals surface area (Å²) in [5.41, 5.74) is 1.58. The van der Waals surface area contributed by atoms with Gasteiger partial charge in [0.15, 0.2) is 0 Å². The van der Waals surface area contributed by atoms with E-state index in [2.05, 4.69) is 29.1 Å². The first-order chi connectivity index (χ1) is 7.05. The van der Waals surface area contributed by atoms with E-state index < -0.39 is 0 Å². The summed E-state index contributed by atoms with van der Waals surface area (Å²) < 4.78 is 0. The second kappa shape index (κ2) is 3.80. The average Bonchev–Trinajstić information content (AvgIpc) is 2.50. The summed E-state index contributed by atoms with van der Waals surface area (Å²) in [6.45, 7) is 6.65. The van der Waals surface area contributed by atoms with E-state index in [4.69, 9.17) is 0 Å². The molecule has 0 radical (unpaired) electrons. The molecule has 1 aromatic rings. The van der Waals surface area contributed by atoms with Crippen LogP contribution >= 0.6 is 0 Å². The Morgan fingerprint density at radius 2 is 2.00 bits per heavy atom. The topological polar surface area (TPSA) is 37.8 Å². The number of hydrogen-bond donors (Lipinski definition) is 1. The number of anilines is 1. The Balaban J connectivity index is 1.96. The maximum atomic E-state index is 4.27. The molecule has 0 spiro atoms. The van der Waals surface area contributed by atoms with Gasteiger partial charge < -0.3 is 5.32 Å². The monoisotopic (exact) mass is 205 g/mol. The van der Waals surface area contributed by atoms with Gasteiger partial charge in [-0.3, -0.25) is 0 Å². The van der Waals surface area contributed by atoms with Crippen molar-refractivity contribution in [3.8, 4) is 0 Å². The van der Waals surface area contributed by atoms with Gasteiger partial charge in [0.05, 0.1) is 0 Å². The predicted octanol–water partition coefficient (Wildman–Crippen LogP) is 2.78. The summed E-state index contributed by atoms with van der Waals surface area (Å²) in [4.78, 5) is 8.53. The molecule has 1 atom stereocenters. The Morgan fingerprint density at radius 1 is 1.33 bits per heavy atom. The Kier molecular flexibility index (Phi) is 2.63. The second-order valence-electron chi connectivity index (χ2n) is 5.33. The summed E-state index contributed by atoms with van der Waals surface area (Å²) in [7, 11) is 0. The molecule has 1 unspecified atom stereocenters. The SMILES string of the molecule is Cc1cnc(NC2CCC(C)(C)C2)nc1. The molecule has 0 aromatic carbocycles. The normalized spacial score (nSPS) is 24.1. The third-order valence-electron chi connectivity index (χ3n) is 3.08. The fraction of sp³-hybridized carbons (Fsp3) is 0.667. The van der Waals surface area contributed by atoms with Crippen LogP contribution in [0.25, 0.3) is 0 Å². The number of hydrogen-bond acceptors (Lipinski definition) is 3. The number of aryl methyl sites for hydroxylation is 1. The molecule has 0 saturated heterocycles. The lowest BCUT2D eigenvalue weighted by Gasteiger charge is -2.17. The zero-order chi connectivity index (χ0) is 10.9. The standard InChI is InChI=1S/C12H19N3/c1-9-7-13-11(14-8-9)15-10-4-5-12(2,3)6-10/h7-8,10H,4-6H2,1-3H3,(H,13,14,15). The molecule has 3 nitrogen and oxygen atoms in total. The molecule has 0 aliphatic heterocycles. The Labute approximate surface area is 91.3 Å². The highest BCUT2D eigenvalue weighted by Crippen LogP contribution is 2.37. The van der Waals surface area contributed by atoms with Crippen LogP contribution in [0.15, 0.2) is 12.4 Å². The summed E-state index contributed by atoms with van der Waals surface area (Å²) in [5, 5.41) is 3.40. The van der Waals surface area contributed by atoms with Gasteiger partial charge in [0, 0.05) is 18.4 Å². The Hall–Kier alpha value is -1.12. The minimum atomic E-state index is 0.475. The third-order valence-corrected chi connectivity index (χ3v) is 3.08. The van der Waals surface area contributed by atoms with Gasteiger partial charge in [-0.05, 0) is 37.2 Å². The highest BCUT2D eigenvalue weighted by Gasteiger charge is 2.30. The van der Waals surface area contributed by atoms with Gasteiger partial charge in [-0.25, -0.2) is 9.97 Å². The lowest BCUT2D eigenvalue weighted by molar-refractivity contribution is 0.378. The van der Waals surface area contributed by atoms with Gasteiger partial charge in [0.1, 0.15) is 0 Å². The molecule has 3 heteroatoms. The number of nitrogens with one attached hydrogen (secondary N) is 1. The molecule has 1 aliphatic carbocycles. The third kappa shape index (κ3) is 2.67. The van der Waals surface area contributed by atoms with E-state index in [1.54, 1.807) is 0 Å². The average molecular weight is 205 g/mol. The molecule has 82 valence electrons. The molecular weight excluding hydrogens is 186 g/mol. The van der Waals surface area contributed by atoms with Crippen molar-refractivity contribution in [3.05, 3.63) is 18.0 Å². The first-order valence-corrected chi connectivity index (χ1v) is 5.60. The van der Waals surface area contributed by atoms with Crippen LogP contribution in [0.1, 0.15) is 38.7 Å². The quantitative estimate of drug-likeness (QED) is 0.806. The number of rotatable bonds is 2. The van der Waals surface area contributed by atoms with Crippen molar-refractivity contribution in [1.82, 2.24) is 9.97 Å². The van der Waals surface area contributed by atoms with E-state index in [0.29, 0.717) is 11.5 Å². The molecule has 1 N–H and O–H groups in total. The molecule has 1 fully saturated rings. The van der Waals surface area contributed by atoms with Crippen molar-refractivity contribution in [2.45, 2.75) is 46.1 Å². The van der Waals surface area contributed by atoms with Crippen LogP contribution in [0.3, 0.4) is 0 Å². The summed E-state index contributed by atoms with van der Waals surface area (Å²) in [6, 6.07) is 0.544. The van der Waals surface area contributed by atoms with E-state index in [1.807, 2.05) is 19.3 Å². The fourth-order valence-corrected chi connectivity index (χ4v) is 2.21. The van der Waals surface area contributed by atoms with Gasteiger partial charge in [-0.2, -0.15) is 0 Å². The summed E-state index contributed by atoms with van der Waals surface area (Å²) in [5.74, 6) is 0.767. The fourth-order valence-electron chi connectivity index (χ4n) is 2.21. The minimum Gasteiger partial charge on any atom is -0.351 e. The first kappa shape index (κ1) is 10.4. The van der Waals surface area contributed by atoms with Crippen molar-refractivity contribution in [2.24, 2.45) is 5.41 Å². The van der Waals surface area contributed by atoms with Crippen LogP contribution in [-0.2, 0) is 0 Å². The number of nitrogens with zero attached hydrogens (tertiary/aromatic N) is 2. The molecule has 0 bridgehead atoms. The predicted molar refractivity (Wildman–Crippen MR) is 61.8 cm³/mol. The van der Waals surface area contributed by atoms with Gasteiger partial charge in [0.25, 0.3) is 0 Å². The van der Waals surface area contributed by atoms with Gasteiger partial charge in [-0.1, -0.05) is 13.8 Å². The van der Waals surface area contributed by atoms with Crippen LogP contribution in [0.4, 0.5) is 5.95 Å². The van der Waals surface area contributed by atoms with E-state index in [9.17, 15) is 0 Å². The first-order valence-electron chi connectivity index (χ1n) is 5.60. The lowest BCUT2D eigenvalue weighted by Crippen LogP contribution is -2.19. The smallest absolute Gasteiger partial charge is 0.222 e. The highest BCUT2D eigenvalue weighted by molar-refractivity contribution is 5.26. The second-order valence-corrected chi connectivity index (χ2v) is 5.33. The summed E-state index contributed by atoms with van der Waals surface area (Å²) >= 11 is 0. The lowest BCUT2D eigenvalue weighted by atomic mass is 9.92. The van der Waals surface area contributed by atoms with E-state index in [-0.39, 0.29) is 0 Å². The Morgan fingerprint density at radius 3 is 2.53 bits per heavy atom. The molecule has 1 aromatic heterocycles. The van der Waals surface area contributed by atoms with Gasteiger partial charge in [0.2, 0.25) is 5.95 Å². The molecule has 1 aliphatic rings. The molecule has 1 saturated carbocycles. The van der Waals surface area contributed by atoms with Crippen molar-refractivity contribution in [1.29, 1.82) is 0 Å². The van der Waals surface area contributed by atoms with E-state index in [0.717, 1.165) is 11.5 Å². The van der Waals surface area contributed by atoms with Gasteiger partial charge in [-0.15, -0.1) is 0 Å². The van der Waals surface area contributed by atoms with E-state index in [1.165, 1.54) is 19.3 Å². The maximum absolute atomic E-state index is 4.27. The molecule has 15 heavy (non-hydrogen) atoms. The van der Waals surface area contributed by atoms with Crippen LogP contribution in [0, 0.1) is 12.3 Å². The van der Waals surface area contributed by atoms with Crippen molar-refractivity contribution in [2.75, 3.05) is 5.32 Å². The number of aromatic nitrogens is 2. The molecule has 1 heterocycles. The van der Waals surface area contributed by atoms with Crippen molar-refractivity contribution < 1.29 is 0 Å². The minimum absolute atomic E-state index is 0.475. The maximum Gasteiger partial charge on any atom is 0.222 e. The van der Waals surface area contributed by atoms with Crippen LogP contribution in [0.2, 0.25) is 0 Å². The van der Waals surface area contributed by atoms with Gasteiger partial charge >= 0.3 is 0 Å². The Bertz CT molecular complexity index is 329. The molecule has 0 amide bonds. The zero-order valence-corrected chi connectivity index (χ0v) is 9.75. The van der Waals surface area contributed by atoms with Crippen LogP contribution in [0.5, 0.6) is 0 Å².